The highest BCUT2D eigenvalue weighted by atomic mass is 19.1. The number of dihydropyridines is 1. The molecule has 0 N–H and O–H groups in total. The third kappa shape index (κ3) is 1.93. The minimum absolute atomic E-state index is 0.0918. The third-order valence-corrected chi connectivity index (χ3v) is 2.29. The number of rotatable bonds is 0. The Labute approximate surface area is 73.4 Å². The summed E-state index contributed by atoms with van der Waals surface area (Å²) in [7, 11) is 0. The quantitative estimate of drug-likeness (QED) is 0.528. The summed E-state index contributed by atoms with van der Waals surface area (Å²) in [5.74, 6) is 0.00975. The van der Waals surface area contributed by atoms with Crippen molar-refractivity contribution >= 4 is 6.21 Å². The van der Waals surface area contributed by atoms with Crippen LogP contribution in [0.1, 0.15) is 27.7 Å². The van der Waals surface area contributed by atoms with Gasteiger partial charge >= 0.3 is 0 Å². The first-order valence-electron chi connectivity index (χ1n) is 4.32. The van der Waals surface area contributed by atoms with E-state index >= 15 is 0 Å². The average molecular weight is 169 g/mol. The van der Waals surface area contributed by atoms with E-state index in [4.69, 9.17) is 0 Å². The Balaban J connectivity index is 2.85. The molecule has 1 aliphatic heterocycles. The Morgan fingerprint density at radius 3 is 2.42 bits per heavy atom. The molecule has 1 nitrogen and oxygen atoms in total. The third-order valence-electron chi connectivity index (χ3n) is 2.29. The Morgan fingerprint density at radius 1 is 1.42 bits per heavy atom. The molecule has 0 bridgehead atoms. The zero-order chi connectivity index (χ0) is 9.35. The first kappa shape index (κ1) is 9.43. The summed E-state index contributed by atoms with van der Waals surface area (Å²) >= 11 is 0. The van der Waals surface area contributed by atoms with Crippen molar-refractivity contribution in [1.82, 2.24) is 0 Å². The Bertz CT molecular complexity index is 222. The standard InChI is InChI=1S/C10H16FN/c1-7-9(10(2,3)4)5-8(11)6-12-7/h5-7,9H,1-4H3. The molecule has 2 atom stereocenters. The summed E-state index contributed by atoms with van der Waals surface area (Å²) in [6.45, 7) is 8.35. The second kappa shape index (κ2) is 3.00. The second-order valence-electron chi connectivity index (χ2n) is 4.46. The Kier molecular flexibility index (Phi) is 2.36. The predicted octanol–water partition coefficient (Wildman–Crippen LogP) is 2.98. The van der Waals surface area contributed by atoms with E-state index in [0.717, 1.165) is 0 Å². The van der Waals surface area contributed by atoms with Gasteiger partial charge in [-0.05, 0) is 18.4 Å². The van der Waals surface area contributed by atoms with Gasteiger partial charge < -0.3 is 0 Å². The molecule has 2 heteroatoms. The minimum atomic E-state index is -0.201. The van der Waals surface area contributed by atoms with Gasteiger partial charge in [-0.3, -0.25) is 4.99 Å². The van der Waals surface area contributed by atoms with Gasteiger partial charge in [0, 0.05) is 5.92 Å². The molecule has 0 aromatic carbocycles. The van der Waals surface area contributed by atoms with E-state index in [0.29, 0.717) is 0 Å². The fraction of sp³-hybridized carbons (Fsp3) is 0.700. The molecule has 0 saturated heterocycles. The van der Waals surface area contributed by atoms with E-state index in [9.17, 15) is 4.39 Å². The Hall–Kier alpha value is -0.660. The molecule has 1 aliphatic rings. The molecule has 68 valence electrons. The molecule has 0 amide bonds. The van der Waals surface area contributed by atoms with Crippen LogP contribution >= 0.6 is 0 Å². The van der Waals surface area contributed by atoms with Crippen LogP contribution in [0.25, 0.3) is 0 Å². The molecule has 2 unspecified atom stereocenters. The van der Waals surface area contributed by atoms with Gasteiger partial charge in [0.15, 0.2) is 0 Å². The van der Waals surface area contributed by atoms with Crippen LogP contribution < -0.4 is 0 Å². The summed E-state index contributed by atoms with van der Waals surface area (Å²) in [5.41, 5.74) is 0.0918. The fourth-order valence-corrected chi connectivity index (χ4v) is 1.61. The van der Waals surface area contributed by atoms with Crippen LogP contribution in [0.4, 0.5) is 4.39 Å². The molecule has 0 radical (unpaired) electrons. The summed E-state index contributed by atoms with van der Waals surface area (Å²) in [6, 6.07) is 0.199. The number of hydrogen-bond acceptors (Lipinski definition) is 1. The van der Waals surface area contributed by atoms with E-state index in [1.54, 1.807) is 6.08 Å². The zero-order valence-electron chi connectivity index (χ0n) is 8.13. The Morgan fingerprint density at radius 2 is 2.00 bits per heavy atom. The molecule has 12 heavy (non-hydrogen) atoms. The van der Waals surface area contributed by atoms with Crippen LogP contribution in [0.3, 0.4) is 0 Å². The average Bonchev–Trinajstić information content (AvgIpc) is 1.92. The molecular formula is C10H16FN. The van der Waals surface area contributed by atoms with E-state index < -0.39 is 0 Å². The van der Waals surface area contributed by atoms with Crippen molar-refractivity contribution in [1.29, 1.82) is 0 Å². The monoisotopic (exact) mass is 169 g/mol. The number of allylic oxidation sites excluding steroid dienone is 1. The number of aliphatic imine (C=N–C) groups is 1. The molecule has 0 aromatic rings. The lowest BCUT2D eigenvalue weighted by atomic mass is 9.76. The molecule has 0 aliphatic carbocycles. The van der Waals surface area contributed by atoms with Gasteiger partial charge in [0.1, 0.15) is 5.83 Å². The van der Waals surface area contributed by atoms with E-state index in [2.05, 4.69) is 25.8 Å². The maximum Gasteiger partial charge on any atom is 0.137 e. The van der Waals surface area contributed by atoms with Crippen molar-refractivity contribution in [2.24, 2.45) is 16.3 Å². The van der Waals surface area contributed by atoms with Crippen LogP contribution in [0.15, 0.2) is 16.9 Å². The fourth-order valence-electron chi connectivity index (χ4n) is 1.61. The minimum Gasteiger partial charge on any atom is -0.286 e. The van der Waals surface area contributed by atoms with Crippen molar-refractivity contribution in [2.45, 2.75) is 33.7 Å². The molecule has 1 rings (SSSR count). The zero-order valence-corrected chi connectivity index (χ0v) is 8.13. The number of nitrogens with zero attached hydrogens (tertiary/aromatic N) is 1. The smallest absolute Gasteiger partial charge is 0.137 e. The van der Waals surface area contributed by atoms with E-state index in [1.165, 1.54) is 6.21 Å². The molecular weight excluding hydrogens is 153 g/mol. The first-order chi connectivity index (χ1) is 5.41. The normalized spacial score (nSPS) is 30.2. The maximum atomic E-state index is 12.8. The van der Waals surface area contributed by atoms with Gasteiger partial charge in [-0.15, -0.1) is 0 Å². The molecule has 0 fully saturated rings. The highest BCUT2D eigenvalue weighted by Crippen LogP contribution is 2.33. The summed E-state index contributed by atoms with van der Waals surface area (Å²) in [4.78, 5) is 4.09. The maximum absolute atomic E-state index is 12.8. The highest BCUT2D eigenvalue weighted by Gasteiger charge is 2.29. The van der Waals surface area contributed by atoms with Crippen LogP contribution in [0.2, 0.25) is 0 Å². The SMILES string of the molecule is CC1N=CC(F)=CC1C(C)(C)C. The van der Waals surface area contributed by atoms with Crippen molar-refractivity contribution in [3.05, 3.63) is 11.9 Å². The lowest BCUT2D eigenvalue weighted by Gasteiger charge is -2.32. The number of hydrogen-bond donors (Lipinski definition) is 0. The van der Waals surface area contributed by atoms with Crippen LogP contribution in [0, 0.1) is 11.3 Å². The van der Waals surface area contributed by atoms with Gasteiger partial charge in [-0.1, -0.05) is 20.8 Å². The van der Waals surface area contributed by atoms with E-state index in [1.807, 2.05) is 6.92 Å². The second-order valence-corrected chi connectivity index (χ2v) is 4.46. The number of halogens is 1. The summed E-state index contributed by atoms with van der Waals surface area (Å²) < 4.78 is 12.8. The van der Waals surface area contributed by atoms with Gasteiger partial charge in [0.2, 0.25) is 0 Å². The highest BCUT2D eigenvalue weighted by molar-refractivity contribution is 5.76. The summed E-state index contributed by atoms with van der Waals surface area (Å²) in [5, 5.41) is 0. The molecule has 0 spiro atoms. The van der Waals surface area contributed by atoms with Crippen molar-refractivity contribution in [2.75, 3.05) is 0 Å². The lowest BCUT2D eigenvalue weighted by molar-refractivity contribution is 0.256. The van der Waals surface area contributed by atoms with Crippen LogP contribution in [-0.4, -0.2) is 12.3 Å². The van der Waals surface area contributed by atoms with Crippen LogP contribution in [-0.2, 0) is 0 Å². The van der Waals surface area contributed by atoms with Gasteiger partial charge in [0.25, 0.3) is 0 Å². The van der Waals surface area contributed by atoms with Crippen molar-refractivity contribution < 1.29 is 4.39 Å². The lowest BCUT2D eigenvalue weighted by Crippen LogP contribution is -2.29. The topological polar surface area (TPSA) is 12.4 Å². The predicted molar refractivity (Wildman–Crippen MR) is 50.1 cm³/mol. The largest absolute Gasteiger partial charge is 0.286 e. The van der Waals surface area contributed by atoms with Crippen molar-refractivity contribution in [3.8, 4) is 0 Å². The molecule has 0 saturated carbocycles. The molecule has 1 heterocycles. The van der Waals surface area contributed by atoms with Gasteiger partial charge in [-0.25, -0.2) is 4.39 Å². The van der Waals surface area contributed by atoms with E-state index in [-0.39, 0.29) is 23.2 Å². The van der Waals surface area contributed by atoms with Crippen molar-refractivity contribution in [3.63, 3.8) is 0 Å². The van der Waals surface area contributed by atoms with Gasteiger partial charge in [0.05, 0.1) is 12.3 Å². The summed E-state index contributed by atoms with van der Waals surface area (Å²) in [6.07, 6.45) is 2.99. The van der Waals surface area contributed by atoms with Crippen LogP contribution in [0.5, 0.6) is 0 Å². The first-order valence-corrected chi connectivity index (χ1v) is 4.32. The van der Waals surface area contributed by atoms with Gasteiger partial charge in [-0.2, -0.15) is 0 Å². The molecule has 0 aromatic heterocycles.